The van der Waals surface area contributed by atoms with Gasteiger partial charge in [0, 0.05) is 12.6 Å². The molecule has 0 radical (unpaired) electrons. The van der Waals surface area contributed by atoms with Crippen LogP contribution in [-0.2, 0) is 9.53 Å². The first-order valence-corrected chi connectivity index (χ1v) is 6.34. The van der Waals surface area contributed by atoms with Gasteiger partial charge in [0.25, 0.3) is 0 Å². The Morgan fingerprint density at radius 2 is 2.24 bits per heavy atom. The highest BCUT2D eigenvalue weighted by molar-refractivity contribution is 5.83. The van der Waals surface area contributed by atoms with Crippen LogP contribution in [0.1, 0.15) is 33.1 Å². The molecule has 0 aromatic carbocycles. The molecule has 1 heterocycles. The SMILES string of the molecule is CC1COCCN1CCCCC(C)(N)C(N)=O. The maximum absolute atomic E-state index is 11.0. The number of carbonyl (C=O) groups excluding carboxylic acids is 1. The first-order chi connectivity index (χ1) is 7.93. The lowest BCUT2D eigenvalue weighted by Crippen LogP contribution is -2.49. The summed E-state index contributed by atoms with van der Waals surface area (Å²) in [4.78, 5) is 13.5. The Labute approximate surface area is 103 Å². The summed E-state index contributed by atoms with van der Waals surface area (Å²) in [5, 5.41) is 0. The van der Waals surface area contributed by atoms with Gasteiger partial charge in [0.15, 0.2) is 0 Å². The Balaban J connectivity index is 2.17. The fraction of sp³-hybridized carbons (Fsp3) is 0.917. The van der Waals surface area contributed by atoms with E-state index in [1.165, 1.54) is 0 Å². The van der Waals surface area contributed by atoms with Gasteiger partial charge in [0.2, 0.25) is 5.91 Å². The molecule has 5 heteroatoms. The maximum atomic E-state index is 11.0. The van der Waals surface area contributed by atoms with E-state index in [4.69, 9.17) is 16.2 Å². The van der Waals surface area contributed by atoms with Crippen molar-refractivity contribution in [1.29, 1.82) is 0 Å². The molecule has 1 saturated heterocycles. The van der Waals surface area contributed by atoms with Gasteiger partial charge < -0.3 is 16.2 Å². The third-order valence-corrected chi connectivity index (χ3v) is 3.46. The van der Waals surface area contributed by atoms with E-state index in [9.17, 15) is 4.79 Å². The van der Waals surface area contributed by atoms with Crippen molar-refractivity contribution in [1.82, 2.24) is 4.90 Å². The zero-order valence-electron chi connectivity index (χ0n) is 10.9. The summed E-state index contributed by atoms with van der Waals surface area (Å²) in [6, 6.07) is 0.490. The van der Waals surface area contributed by atoms with Crippen molar-refractivity contribution in [3.05, 3.63) is 0 Å². The molecule has 1 rings (SSSR count). The zero-order valence-corrected chi connectivity index (χ0v) is 10.9. The number of hydrogen-bond donors (Lipinski definition) is 2. The van der Waals surface area contributed by atoms with E-state index in [2.05, 4.69) is 11.8 Å². The summed E-state index contributed by atoms with van der Waals surface area (Å²) in [5.41, 5.74) is 10.2. The van der Waals surface area contributed by atoms with Gasteiger partial charge in [-0.1, -0.05) is 0 Å². The molecule has 0 aliphatic carbocycles. The van der Waals surface area contributed by atoms with Crippen molar-refractivity contribution in [2.75, 3.05) is 26.3 Å². The number of unbranched alkanes of at least 4 members (excludes halogenated alkanes) is 1. The average Bonchev–Trinajstić information content (AvgIpc) is 2.26. The van der Waals surface area contributed by atoms with Crippen LogP contribution in [-0.4, -0.2) is 48.7 Å². The van der Waals surface area contributed by atoms with Crippen molar-refractivity contribution >= 4 is 5.91 Å². The van der Waals surface area contributed by atoms with Gasteiger partial charge in [0.1, 0.15) is 0 Å². The molecule has 0 bridgehead atoms. The topological polar surface area (TPSA) is 81.6 Å². The number of rotatable bonds is 6. The monoisotopic (exact) mass is 243 g/mol. The summed E-state index contributed by atoms with van der Waals surface area (Å²) in [7, 11) is 0. The van der Waals surface area contributed by atoms with E-state index in [1.54, 1.807) is 6.92 Å². The Bertz CT molecular complexity index is 256. The van der Waals surface area contributed by atoms with Crippen LogP contribution in [0, 0.1) is 0 Å². The van der Waals surface area contributed by atoms with Crippen LogP contribution in [0.5, 0.6) is 0 Å². The summed E-state index contributed by atoms with van der Waals surface area (Å²) < 4.78 is 5.38. The number of carbonyl (C=O) groups is 1. The number of nitrogens with zero attached hydrogens (tertiary/aromatic N) is 1. The zero-order chi connectivity index (χ0) is 12.9. The molecule has 17 heavy (non-hydrogen) atoms. The lowest BCUT2D eigenvalue weighted by Gasteiger charge is -2.33. The van der Waals surface area contributed by atoms with E-state index in [0.717, 1.165) is 39.1 Å². The molecule has 0 spiro atoms. The van der Waals surface area contributed by atoms with Crippen molar-refractivity contribution < 1.29 is 9.53 Å². The molecule has 1 aliphatic rings. The smallest absolute Gasteiger partial charge is 0.237 e. The third-order valence-electron chi connectivity index (χ3n) is 3.46. The van der Waals surface area contributed by atoms with Gasteiger partial charge in [-0.05, 0) is 39.7 Å². The summed E-state index contributed by atoms with van der Waals surface area (Å²) in [6.07, 6.45) is 2.63. The lowest BCUT2D eigenvalue weighted by atomic mass is 9.95. The van der Waals surface area contributed by atoms with Crippen LogP contribution in [0.25, 0.3) is 0 Å². The number of amides is 1. The molecular weight excluding hydrogens is 218 g/mol. The van der Waals surface area contributed by atoms with Gasteiger partial charge >= 0.3 is 0 Å². The van der Waals surface area contributed by atoms with Gasteiger partial charge in [-0.3, -0.25) is 9.69 Å². The minimum Gasteiger partial charge on any atom is -0.379 e. The van der Waals surface area contributed by atoms with Crippen molar-refractivity contribution in [3.8, 4) is 0 Å². The highest BCUT2D eigenvalue weighted by atomic mass is 16.5. The van der Waals surface area contributed by atoms with E-state index in [-0.39, 0.29) is 0 Å². The predicted octanol–water partition coefficient (Wildman–Crippen LogP) is 0.0801. The summed E-state index contributed by atoms with van der Waals surface area (Å²) >= 11 is 0. The molecule has 0 aromatic heterocycles. The third kappa shape index (κ3) is 4.61. The minimum absolute atomic E-state index is 0.419. The van der Waals surface area contributed by atoms with Crippen LogP contribution >= 0.6 is 0 Å². The molecular formula is C12H25N3O2. The fourth-order valence-electron chi connectivity index (χ4n) is 2.02. The largest absolute Gasteiger partial charge is 0.379 e. The molecule has 2 unspecified atom stereocenters. The molecule has 100 valence electrons. The second-order valence-electron chi connectivity index (χ2n) is 5.20. The van der Waals surface area contributed by atoms with E-state index >= 15 is 0 Å². The number of ether oxygens (including phenoxy) is 1. The Kier molecular flexibility index (Phi) is 5.36. The average molecular weight is 243 g/mol. The Morgan fingerprint density at radius 1 is 1.53 bits per heavy atom. The quantitative estimate of drug-likeness (QED) is 0.647. The van der Waals surface area contributed by atoms with Crippen LogP contribution in [0.2, 0.25) is 0 Å². The summed E-state index contributed by atoms with van der Waals surface area (Å²) in [5.74, 6) is -0.419. The number of primary amides is 1. The van der Waals surface area contributed by atoms with Crippen molar-refractivity contribution in [3.63, 3.8) is 0 Å². The minimum atomic E-state index is -0.864. The molecule has 1 aliphatic heterocycles. The second kappa shape index (κ2) is 6.33. The molecule has 0 saturated carbocycles. The van der Waals surface area contributed by atoms with Crippen molar-refractivity contribution in [2.45, 2.75) is 44.7 Å². The lowest BCUT2D eigenvalue weighted by molar-refractivity contribution is -0.122. The van der Waals surface area contributed by atoms with Crippen LogP contribution < -0.4 is 11.5 Å². The fourth-order valence-corrected chi connectivity index (χ4v) is 2.02. The highest BCUT2D eigenvalue weighted by Crippen LogP contribution is 2.12. The summed E-state index contributed by atoms with van der Waals surface area (Å²) in [6.45, 7) is 7.55. The molecule has 5 nitrogen and oxygen atoms in total. The van der Waals surface area contributed by atoms with E-state index in [0.29, 0.717) is 12.5 Å². The Morgan fingerprint density at radius 3 is 2.82 bits per heavy atom. The van der Waals surface area contributed by atoms with E-state index < -0.39 is 11.4 Å². The molecule has 4 N–H and O–H groups in total. The normalized spacial score (nSPS) is 25.5. The Hall–Kier alpha value is -0.650. The van der Waals surface area contributed by atoms with Gasteiger partial charge in [0.05, 0.1) is 18.8 Å². The van der Waals surface area contributed by atoms with E-state index in [1.807, 2.05) is 0 Å². The van der Waals surface area contributed by atoms with Gasteiger partial charge in [-0.15, -0.1) is 0 Å². The standard InChI is InChI=1S/C12H25N3O2/c1-10-9-17-8-7-15(10)6-4-3-5-12(2,14)11(13)16/h10H,3-9,14H2,1-2H3,(H2,13,16). The molecule has 0 aromatic rings. The first kappa shape index (κ1) is 14.4. The van der Waals surface area contributed by atoms with Gasteiger partial charge in [-0.2, -0.15) is 0 Å². The van der Waals surface area contributed by atoms with Crippen LogP contribution in [0.15, 0.2) is 0 Å². The molecule has 2 atom stereocenters. The van der Waals surface area contributed by atoms with Crippen LogP contribution in [0.3, 0.4) is 0 Å². The molecule has 1 amide bonds. The van der Waals surface area contributed by atoms with Crippen molar-refractivity contribution in [2.24, 2.45) is 11.5 Å². The highest BCUT2D eigenvalue weighted by Gasteiger charge is 2.25. The van der Waals surface area contributed by atoms with Crippen LogP contribution in [0.4, 0.5) is 0 Å². The number of morpholine rings is 1. The first-order valence-electron chi connectivity index (χ1n) is 6.34. The van der Waals surface area contributed by atoms with Gasteiger partial charge in [-0.25, -0.2) is 0 Å². The molecule has 1 fully saturated rings. The number of nitrogens with two attached hydrogens (primary N) is 2. The number of hydrogen-bond acceptors (Lipinski definition) is 4. The predicted molar refractivity (Wildman–Crippen MR) is 67.5 cm³/mol. The maximum Gasteiger partial charge on any atom is 0.237 e. The second-order valence-corrected chi connectivity index (χ2v) is 5.20.